The van der Waals surface area contributed by atoms with Crippen LogP contribution >= 0.6 is 0 Å². The van der Waals surface area contributed by atoms with Crippen LogP contribution in [0, 0.1) is 17.0 Å². The lowest BCUT2D eigenvalue weighted by Crippen LogP contribution is -2.32. The molecule has 0 saturated heterocycles. The molecule has 156 valence electrons. The Hall–Kier alpha value is -4.66. The molecule has 3 aromatic rings. The maximum Gasteiger partial charge on any atom is 0.276 e. The molecule has 3 aromatic carbocycles. The van der Waals surface area contributed by atoms with E-state index in [2.05, 4.69) is 0 Å². The summed E-state index contributed by atoms with van der Waals surface area (Å²) in [5.74, 6) is -2.56. The number of nitro groups is 1. The number of hydrogen-bond acceptors (Lipinski definition) is 6. The first-order valence-corrected chi connectivity index (χ1v) is 9.56. The molecular formula is C23H13N3O6. The van der Waals surface area contributed by atoms with Crippen LogP contribution in [0.4, 0.5) is 17.1 Å². The molecule has 5 rings (SSSR count). The van der Waals surface area contributed by atoms with E-state index in [4.69, 9.17) is 0 Å². The van der Waals surface area contributed by atoms with Gasteiger partial charge in [0.05, 0.1) is 44.1 Å². The SMILES string of the molecule is Cc1c(N2C(=O)c3ccccc3C2=O)cc(N2C(=O)c3ccccc3C2=O)cc1[N+](=O)[O-]. The maximum absolute atomic E-state index is 13.0. The van der Waals surface area contributed by atoms with Gasteiger partial charge < -0.3 is 0 Å². The van der Waals surface area contributed by atoms with Gasteiger partial charge in [-0.3, -0.25) is 29.3 Å². The first-order chi connectivity index (χ1) is 15.3. The van der Waals surface area contributed by atoms with Crippen LogP contribution in [-0.4, -0.2) is 28.6 Å². The van der Waals surface area contributed by atoms with Crippen molar-refractivity contribution in [3.05, 3.63) is 98.6 Å². The van der Waals surface area contributed by atoms with Crippen molar-refractivity contribution in [3.63, 3.8) is 0 Å². The average molecular weight is 427 g/mol. The summed E-state index contributed by atoms with van der Waals surface area (Å²) in [6, 6.07) is 14.8. The average Bonchev–Trinajstić information content (AvgIpc) is 3.19. The number of fused-ring (bicyclic) bond motifs is 2. The smallest absolute Gasteiger partial charge is 0.268 e. The zero-order chi connectivity index (χ0) is 22.7. The molecule has 9 heteroatoms. The highest BCUT2D eigenvalue weighted by Crippen LogP contribution is 2.40. The Bertz CT molecular complexity index is 1340. The number of benzene rings is 3. The van der Waals surface area contributed by atoms with E-state index in [1.165, 1.54) is 37.3 Å². The lowest BCUT2D eigenvalue weighted by Gasteiger charge is -2.21. The van der Waals surface area contributed by atoms with Gasteiger partial charge >= 0.3 is 0 Å². The van der Waals surface area contributed by atoms with E-state index in [9.17, 15) is 29.3 Å². The van der Waals surface area contributed by atoms with Gasteiger partial charge in [-0.25, -0.2) is 9.80 Å². The normalized spacial score (nSPS) is 14.8. The van der Waals surface area contributed by atoms with Gasteiger partial charge in [0.15, 0.2) is 0 Å². The van der Waals surface area contributed by atoms with Crippen molar-refractivity contribution in [3.8, 4) is 0 Å². The van der Waals surface area contributed by atoms with Gasteiger partial charge in [0.25, 0.3) is 29.3 Å². The molecule has 2 aliphatic heterocycles. The van der Waals surface area contributed by atoms with Gasteiger partial charge in [-0.1, -0.05) is 24.3 Å². The Morgan fingerprint density at radius 3 is 1.50 bits per heavy atom. The fourth-order valence-corrected chi connectivity index (χ4v) is 4.05. The summed E-state index contributed by atoms with van der Waals surface area (Å²) in [7, 11) is 0. The number of carbonyl (C=O) groups excluding carboxylic acids is 4. The van der Waals surface area contributed by atoms with E-state index in [-0.39, 0.29) is 39.2 Å². The lowest BCUT2D eigenvalue weighted by atomic mass is 10.1. The van der Waals surface area contributed by atoms with E-state index in [0.29, 0.717) is 0 Å². The number of imide groups is 2. The maximum atomic E-state index is 13.0. The number of hydrogen-bond donors (Lipinski definition) is 0. The van der Waals surface area contributed by atoms with E-state index in [1.807, 2.05) is 0 Å². The fourth-order valence-electron chi connectivity index (χ4n) is 4.05. The third kappa shape index (κ3) is 2.51. The van der Waals surface area contributed by atoms with Crippen LogP contribution in [0.5, 0.6) is 0 Å². The minimum Gasteiger partial charge on any atom is -0.268 e. The van der Waals surface area contributed by atoms with Crippen molar-refractivity contribution < 1.29 is 24.1 Å². The minimum absolute atomic E-state index is 0.0584. The van der Waals surface area contributed by atoms with Crippen LogP contribution in [0.25, 0.3) is 0 Å². The molecule has 0 N–H and O–H groups in total. The Morgan fingerprint density at radius 2 is 1.09 bits per heavy atom. The monoisotopic (exact) mass is 427 g/mol. The van der Waals surface area contributed by atoms with Crippen molar-refractivity contribution in [2.24, 2.45) is 0 Å². The Morgan fingerprint density at radius 1 is 0.688 bits per heavy atom. The number of anilines is 2. The van der Waals surface area contributed by atoms with Crippen LogP contribution in [0.15, 0.2) is 60.7 Å². The highest BCUT2D eigenvalue weighted by molar-refractivity contribution is 6.36. The molecule has 32 heavy (non-hydrogen) atoms. The Kier molecular flexibility index (Phi) is 4.03. The standard InChI is InChI=1S/C23H13N3O6/c1-12-18(25-22(29)16-8-4-5-9-17(16)23(25)30)10-13(11-19(12)26(31)32)24-20(27)14-6-2-3-7-15(14)21(24)28/h2-11H,1H3. The van der Waals surface area contributed by atoms with Gasteiger partial charge in [-0.15, -0.1) is 0 Å². The Labute approximate surface area is 180 Å². The molecule has 0 spiro atoms. The highest BCUT2D eigenvalue weighted by atomic mass is 16.6. The highest BCUT2D eigenvalue weighted by Gasteiger charge is 2.41. The van der Waals surface area contributed by atoms with Gasteiger partial charge in [0.1, 0.15) is 0 Å². The van der Waals surface area contributed by atoms with E-state index >= 15 is 0 Å². The molecule has 0 aliphatic carbocycles. The first kappa shape index (κ1) is 19.3. The van der Waals surface area contributed by atoms with Crippen molar-refractivity contribution in [2.45, 2.75) is 6.92 Å². The van der Waals surface area contributed by atoms with Crippen molar-refractivity contribution >= 4 is 40.7 Å². The van der Waals surface area contributed by atoms with Crippen LogP contribution in [0.3, 0.4) is 0 Å². The molecule has 0 aromatic heterocycles. The van der Waals surface area contributed by atoms with Crippen molar-refractivity contribution in [1.82, 2.24) is 0 Å². The number of nitro benzene ring substituents is 1. The topological polar surface area (TPSA) is 118 Å². The van der Waals surface area contributed by atoms with Crippen LogP contribution < -0.4 is 9.80 Å². The van der Waals surface area contributed by atoms with Gasteiger partial charge in [0, 0.05) is 6.07 Å². The molecule has 0 unspecified atom stereocenters. The van der Waals surface area contributed by atoms with Crippen LogP contribution in [0.1, 0.15) is 47.0 Å². The predicted molar refractivity (Wildman–Crippen MR) is 113 cm³/mol. The van der Waals surface area contributed by atoms with Gasteiger partial charge in [-0.05, 0) is 37.3 Å². The van der Waals surface area contributed by atoms with E-state index in [1.54, 1.807) is 24.3 Å². The number of rotatable bonds is 3. The molecule has 0 radical (unpaired) electrons. The summed E-state index contributed by atoms with van der Waals surface area (Å²) in [4.78, 5) is 64.5. The number of nitrogens with zero attached hydrogens (tertiary/aromatic N) is 3. The molecule has 0 bridgehead atoms. The van der Waals surface area contributed by atoms with Gasteiger partial charge in [0.2, 0.25) is 0 Å². The zero-order valence-corrected chi connectivity index (χ0v) is 16.6. The zero-order valence-electron chi connectivity index (χ0n) is 16.6. The molecule has 0 fully saturated rings. The summed E-state index contributed by atoms with van der Waals surface area (Å²) in [5.41, 5.74) is 0.162. The predicted octanol–water partition coefficient (Wildman–Crippen LogP) is 3.50. The summed E-state index contributed by atoms with van der Waals surface area (Å²) in [6.07, 6.45) is 0. The van der Waals surface area contributed by atoms with Crippen LogP contribution in [0.2, 0.25) is 0 Å². The second kappa shape index (κ2) is 6.67. The lowest BCUT2D eigenvalue weighted by molar-refractivity contribution is -0.385. The summed E-state index contributed by atoms with van der Waals surface area (Å²) < 4.78 is 0. The molecule has 2 heterocycles. The van der Waals surface area contributed by atoms with Crippen molar-refractivity contribution in [2.75, 3.05) is 9.80 Å². The Balaban J connectivity index is 1.69. The fraction of sp³-hybridized carbons (Fsp3) is 0.0435. The summed E-state index contributed by atoms with van der Waals surface area (Å²) in [6.45, 7) is 1.41. The number of carbonyl (C=O) groups is 4. The molecule has 9 nitrogen and oxygen atoms in total. The molecule has 0 atom stereocenters. The van der Waals surface area contributed by atoms with Gasteiger partial charge in [-0.2, -0.15) is 0 Å². The van der Waals surface area contributed by atoms with E-state index in [0.717, 1.165) is 15.9 Å². The molecule has 2 aliphatic rings. The van der Waals surface area contributed by atoms with E-state index < -0.39 is 34.2 Å². The largest absolute Gasteiger partial charge is 0.276 e. The minimum atomic E-state index is -0.682. The van der Waals surface area contributed by atoms with Crippen molar-refractivity contribution in [1.29, 1.82) is 0 Å². The molecular weight excluding hydrogens is 414 g/mol. The summed E-state index contributed by atoms with van der Waals surface area (Å²) >= 11 is 0. The quantitative estimate of drug-likeness (QED) is 0.359. The molecule has 4 amide bonds. The molecule has 0 saturated carbocycles. The third-order valence-electron chi connectivity index (χ3n) is 5.62. The second-order valence-electron chi connectivity index (χ2n) is 7.35. The summed E-state index contributed by atoms with van der Waals surface area (Å²) in [5, 5.41) is 11.7. The second-order valence-corrected chi connectivity index (χ2v) is 7.35. The first-order valence-electron chi connectivity index (χ1n) is 9.56. The van der Waals surface area contributed by atoms with Crippen LogP contribution in [-0.2, 0) is 0 Å². The third-order valence-corrected chi connectivity index (χ3v) is 5.62. The number of amides is 4.